The fourth-order valence-electron chi connectivity index (χ4n) is 4.30. The van der Waals surface area contributed by atoms with Crippen LogP contribution in [0.4, 0.5) is 0 Å². The summed E-state index contributed by atoms with van der Waals surface area (Å²) in [5.41, 5.74) is 1.59. The lowest BCUT2D eigenvalue weighted by molar-refractivity contribution is -0.137. The van der Waals surface area contributed by atoms with Gasteiger partial charge in [0.1, 0.15) is 17.5 Å². The molecule has 2 fully saturated rings. The monoisotopic (exact) mass is 496 g/mol. The highest BCUT2D eigenvalue weighted by Crippen LogP contribution is 2.37. The van der Waals surface area contributed by atoms with Gasteiger partial charge in [-0.25, -0.2) is 22.3 Å². The maximum absolute atomic E-state index is 13.3. The number of carbonyl (C=O) groups is 1. The molecule has 0 aromatic heterocycles. The van der Waals surface area contributed by atoms with E-state index in [1.807, 2.05) is 0 Å². The lowest BCUT2D eigenvalue weighted by Gasteiger charge is -2.39. The SMILES string of the molecule is CS(=O)(=O)c1ccc(Oc2ccc(S(=O)(=O)N3CCC4OCCC4C3C(=O)NO)cc2)cc1. The molecule has 2 aliphatic heterocycles. The Balaban J connectivity index is 1.54. The van der Waals surface area contributed by atoms with Crippen LogP contribution in [0, 0.1) is 5.92 Å². The first-order valence-electron chi connectivity index (χ1n) is 10.3. The molecule has 12 heteroatoms. The quantitative estimate of drug-likeness (QED) is 0.454. The average molecular weight is 497 g/mol. The highest BCUT2D eigenvalue weighted by Gasteiger charge is 2.49. The molecule has 178 valence electrons. The van der Waals surface area contributed by atoms with Crippen LogP contribution in [0.15, 0.2) is 58.3 Å². The Kier molecular flexibility index (Phi) is 6.47. The molecule has 3 atom stereocenters. The van der Waals surface area contributed by atoms with Crippen LogP contribution < -0.4 is 10.2 Å². The normalized spacial score (nSPS) is 23.6. The first-order valence-corrected chi connectivity index (χ1v) is 13.6. The van der Waals surface area contributed by atoms with E-state index in [-0.39, 0.29) is 28.4 Å². The number of nitrogens with one attached hydrogen (secondary N) is 1. The topological polar surface area (TPSA) is 139 Å². The summed E-state index contributed by atoms with van der Waals surface area (Å²) in [6.07, 6.45) is 1.88. The summed E-state index contributed by atoms with van der Waals surface area (Å²) < 4.78 is 62.2. The second kappa shape index (κ2) is 9.03. The Morgan fingerprint density at radius 3 is 2.12 bits per heavy atom. The molecule has 0 saturated carbocycles. The van der Waals surface area contributed by atoms with E-state index in [2.05, 4.69) is 0 Å². The molecule has 1 amide bonds. The molecule has 0 aliphatic carbocycles. The van der Waals surface area contributed by atoms with Gasteiger partial charge in [-0.15, -0.1) is 0 Å². The molecule has 2 aliphatic rings. The Morgan fingerprint density at radius 2 is 1.58 bits per heavy atom. The van der Waals surface area contributed by atoms with Crippen molar-refractivity contribution in [3.8, 4) is 11.5 Å². The van der Waals surface area contributed by atoms with Crippen LogP contribution in [-0.4, -0.2) is 63.8 Å². The van der Waals surface area contributed by atoms with Crippen molar-refractivity contribution in [2.75, 3.05) is 19.4 Å². The smallest absolute Gasteiger partial charge is 0.262 e. The van der Waals surface area contributed by atoms with E-state index in [9.17, 15) is 26.8 Å². The van der Waals surface area contributed by atoms with Gasteiger partial charge >= 0.3 is 0 Å². The fraction of sp³-hybridized carbons (Fsp3) is 0.381. The number of hydroxylamine groups is 1. The summed E-state index contributed by atoms with van der Waals surface area (Å²) in [5, 5.41) is 9.19. The molecule has 0 radical (unpaired) electrons. The minimum Gasteiger partial charge on any atom is -0.457 e. The average Bonchev–Trinajstić information content (AvgIpc) is 3.27. The van der Waals surface area contributed by atoms with Crippen molar-refractivity contribution in [3.63, 3.8) is 0 Å². The van der Waals surface area contributed by atoms with Crippen molar-refractivity contribution < 1.29 is 36.3 Å². The van der Waals surface area contributed by atoms with Crippen LogP contribution in [0.5, 0.6) is 11.5 Å². The molecule has 2 aromatic rings. The molecule has 33 heavy (non-hydrogen) atoms. The second-order valence-electron chi connectivity index (χ2n) is 8.00. The zero-order chi connectivity index (χ0) is 23.8. The number of hydrogen-bond donors (Lipinski definition) is 2. The lowest BCUT2D eigenvalue weighted by atomic mass is 9.87. The number of carbonyl (C=O) groups excluding carboxylic acids is 1. The molecular formula is C21H24N2O8S2. The van der Waals surface area contributed by atoms with Gasteiger partial charge in [-0.1, -0.05) is 0 Å². The van der Waals surface area contributed by atoms with Crippen LogP contribution in [0.1, 0.15) is 12.8 Å². The number of sulfonamides is 1. The van der Waals surface area contributed by atoms with Crippen LogP contribution in [0.3, 0.4) is 0 Å². The van der Waals surface area contributed by atoms with E-state index in [0.717, 1.165) is 10.6 Å². The van der Waals surface area contributed by atoms with E-state index in [4.69, 9.17) is 9.47 Å². The maximum atomic E-state index is 13.3. The third kappa shape index (κ3) is 4.75. The summed E-state index contributed by atoms with van der Waals surface area (Å²) in [6.45, 7) is 0.530. The van der Waals surface area contributed by atoms with E-state index in [0.29, 0.717) is 30.9 Å². The largest absolute Gasteiger partial charge is 0.457 e. The Bertz CT molecular complexity index is 1230. The summed E-state index contributed by atoms with van der Waals surface area (Å²) in [7, 11) is -7.36. The Hall–Kier alpha value is -2.51. The zero-order valence-electron chi connectivity index (χ0n) is 17.7. The van der Waals surface area contributed by atoms with Gasteiger partial charge in [0.05, 0.1) is 15.9 Å². The van der Waals surface area contributed by atoms with Crippen LogP contribution in [0.2, 0.25) is 0 Å². The number of hydrogen-bond acceptors (Lipinski definition) is 8. The molecule has 0 bridgehead atoms. The van der Waals surface area contributed by atoms with Gasteiger partial charge < -0.3 is 9.47 Å². The van der Waals surface area contributed by atoms with E-state index in [1.165, 1.54) is 48.5 Å². The van der Waals surface area contributed by atoms with Gasteiger partial charge in [-0.2, -0.15) is 4.31 Å². The van der Waals surface area contributed by atoms with Crippen molar-refractivity contribution in [2.45, 2.75) is 34.8 Å². The molecule has 2 saturated heterocycles. The highest BCUT2D eigenvalue weighted by molar-refractivity contribution is 7.90. The summed E-state index contributed by atoms with van der Waals surface area (Å²) >= 11 is 0. The molecule has 2 aromatic carbocycles. The van der Waals surface area contributed by atoms with Crippen molar-refractivity contribution in [3.05, 3.63) is 48.5 Å². The van der Waals surface area contributed by atoms with Gasteiger partial charge in [0.15, 0.2) is 9.84 Å². The maximum Gasteiger partial charge on any atom is 0.262 e. The number of sulfone groups is 1. The Morgan fingerprint density at radius 1 is 1.00 bits per heavy atom. The molecule has 0 spiro atoms. The first-order chi connectivity index (χ1) is 15.6. The predicted molar refractivity (Wildman–Crippen MR) is 116 cm³/mol. The highest BCUT2D eigenvalue weighted by atomic mass is 32.2. The van der Waals surface area contributed by atoms with Crippen molar-refractivity contribution >= 4 is 25.8 Å². The third-order valence-electron chi connectivity index (χ3n) is 5.91. The molecule has 4 rings (SSSR count). The summed E-state index contributed by atoms with van der Waals surface area (Å²) in [5.74, 6) is -0.371. The van der Waals surface area contributed by atoms with Crippen molar-refractivity contribution in [1.29, 1.82) is 0 Å². The Labute approximate surface area is 192 Å². The third-order valence-corrected chi connectivity index (χ3v) is 8.93. The van der Waals surface area contributed by atoms with E-state index < -0.39 is 31.8 Å². The number of ether oxygens (including phenoxy) is 2. The lowest BCUT2D eigenvalue weighted by Crippen LogP contribution is -2.58. The molecule has 10 nitrogen and oxygen atoms in total. The summed E-state index contributed by atoms with van der Waals surface area (Å²) in [4.78, 5) is 12.5. The minimum atomic E-state index is -4.03. The summed E-state index contributed by atoms with van der Waals surface area (Å²) in [6, 6.07) is 10.5. The standard InChI is InChI=1S/C21H24N2O8S2/c1-32(26,27)16-6-2-14(3-7-16)31-15-4-8-17(9-5-15)33(28,29)23-12-10-19-18(11-13-30-19)20(23)21(24)22-25/h2-9,18-20,25H,10-13H2,1H3,(H,22,24). The fourth-order valence-corrected chi connectivity index (χ4v) is 6.58. The van der Waals surface area contributed by atoms with Gasteiger partial charge in [-0.05, 0) is 61.4 Å². The van der Waals surface area contributed by atoms with Crippen molar-refractivity contribution in [2.24, 2.45) is 5.92 Å². The van der Waals surface area contributed by atoms with Crippen LogP contribution in [0.25, 0.3) is 0 Å². The zero-order valence-corrected chi connectivity index (χ0v) is 19.4. The first kappa shape index (κ1) is 23.6. The second-order valence-corrected chi connectivity index (χ2v) is 11.9. The molecule has 2 N–H and O–H groups in total. The molecule has 3 unspecified atom stereocenters. The van der Waals surface area contributed by atoms with Gasteiger partial charge in [0, 0.05) is 25.3 Å². The number of piperidine rings is 1. The van der Waals surface area contributed by atoms with Crippen molar-refractivity contribution in [1.82, 2.24) is 9.79 Å². The predicted octanol–water partition coefficient (Wildman–Crippen LogP) is 1.56. The van der Waals surface area contributed by atoms with Crippen LogP contribution in [-0.2, 0) is 29.4 Å². The van der Waals surface area contributed by atoms with E-state index in [1.54, 1.807) is 5.48 Å². The van der Waals surface area contributed by atoms with Gasteiger partial charge in [0.2, 0.25) is 10.0 Å². The minimum absolute atomic E-state index is 0.0182. The number of rotatable bonds is 6. The number of nitrogens with zero attached hydrogens (tertiary/aromatic N) is 1. The molecular weight excluding hydrogens is 472 g/mol. The number of benzene rings is 2. The molecule has 2 heterocycles. The van der Waals surface area contributed by atoms with E-state index >= 15 is 0 Å². The van der Waals surface area contributed by atoms with Crippen LogP contribution >= 0.6 is 0 Å². The van der Waals surface area contributed by atoms with Gasteiger partial charge in [0.25, 0.3) is 5.91 Å². The number of fused-ring (bicyclic) bond motifs is 1. The van der Waals surface area contributed by atoms with Gasteiger partial charge in [-0.3, -0.25) is 10.0 Å². The number of amides is 1.